The van der Waals surface area contributed by atoms with Gasteiger partial charge in [-0.15, -0.1) is 0 Å². The molecule has 0 aliphatic carbocycles. The van der Waals surface area contributed by atoms with Crippen molar-refractivity contribution in [2.75, 3.05) is 5.32 Å². The van der Waals surface area contributed by atoms with Gasteiger partial charge in [-0.05, 0) is 48.0 Å². The summed E-state index contributed by atoms with van der Waals surface area (Å²) in [6.07, 6.45) is 0. The summed E-state index contributed by atoms with van der Waals surface area (Å²) in [5, 5.41) is 24.5. The monoisotopic (exact) mass is 448 g/mol. The Balaban J connectivity index is 1.78. The number of halogens is 2. The maximum atomic E-state index is 11.5. The highest BCUT2D eigenvalue weighted by atomic mass is 35.5. The van der Waals surface area contributed by atoms with Crippen LogP contribution in [0.4, 0.5) is 11.4 Å². The number of nitrogens with one attached hydrogen (secondary N) is 1. The second-order valence-electron chi connectivity index (χ2n) is 5.98. The van der Waals surface area contributed by atoms with Gasteiger partial charge >= 0.3 is 5.97 Å². The molecule has 29 heavy (non-hydrogen) atoms. The van der Waals surface area contributed by atoms with E-state index in [-0.39, 0.29) is 11.3 Å². The van der Waals surface area contributed by atoms with E-state index in [1.54, 1.807) is 42.5 Å². The maximum Gasteiger partial charge on any atom is 0.335 e. The molecular formula is C20H14Cl2N2O4S. The average molecular weight is 449 g/mol. The molecule has 0 aliphatic rings. The summed E-state index contributed by atoms with van der Waals surface area (Å²) in [5.74, 6) is -1.02. The summed E-state index contributed by atoms with van der Waals surface area (Å²) < 4.78 is 0. The van der Waals surface area contributed by atoms with Crippen LogP contribution in [0.5, 0.6) is 0 Å². The van der Waals surface area contributed by atoms with Crippen molar-refractivity contribution in [3.63, 3.8) is 0 Å². The van der Waals surface area contributed by atoms with Crippen LogP contribution in [0.2, 0.25) is 10.0 Å². The molecule has 9 heteroatoms. The quantitative estimate of drug-likeness (QED) is 0.322. The van der Waals surface area contributed by atoms with Gasteiger partial charge < -0.3 is 10.4 Å². The number of nitro benzene ring substituents is 1. The van der Waals surface area contributed by atoms with E-state index < -0.39 is 10.9 Å². The van der Waals surface area contributed by atoms with Gasteiger partial charge in [0, 0.05) is 23.2 Å². The SMILES string of the molecule is O=C(O)c1cccc(NCc2ccc(Sc3ccc(Cl)c(Cl)c3)c([N+](=O)[O-])c2)c1. The van der Waals surface area contributed by atoms with Gasteiger partial charge in [-0.25, -0.2) is 4.79 Å². The Bertz CT molecular complexity index is 1090. The Hall–Kier alpha value is -2.74. The Morgan fingerprint density at radius 2 is 1.86 bits per heavy atom. The van der Waals surface area contributed by atoms with Gasteiger partial charge in [-0.1, -0.05) is 47.1 Å². The highest BCUT2D eigenvalue weighted by Gasteiger charge is 2.16. The number of rotatable bonds is 7. The van der Waals surface area contributed by atoms with Crippen LogP contribution in [0.25, 0.3) is 0 Å². The molecule has 0 heterocycles. The zero-order valence-corrected chi connectivity index (χ0v) is 17.1. The van der Waals surface area contributed by atoms with Crippen molar-refractivity contribution < 1.29 is 14.8 Å². The van der Waals surface area contributed by atoms with Crippen molar-refractivity contribution in [1.82, 2.24) is 0 Å². The maximum absolute atomic E-state index is 11.5. The van der Waals surface area contributed by atoms with Crippen molar-refractivity contribution in [2.24, 2.45) is 0 Å². The standard InChI is InChI=1S/C20H14Cl2N2O4S/c21-16-6-5-15(10-17(16)22)29-19-7-4-12(8-18(19)24(27)28)11-23-14-3-1-2-13(9-14)20(25)26/h1-10,23H,11H2,(H,25,26). The Morgan fingerprint density at radius 3 is 2.55 bits per heavy atom. The van der Waals surface area contributed by atoms with Crippen molar-refractivity contribution in [1.29, 1.82) is 0 Å². The van der Waals surface area contributed by atoms with Crippen LogP contribution in [0, 0.1) is 10.1 Å². The molecule has 148 valence electrons. The molecular weight excluding hydrogens is 435 g/mol. The predicted molar refractivity (Wildman–Crippen MR) is 114 cm³/mol. The van der Waals surface area contributed by atoms with Crippen molar-refractivity contribution in [3.05, 3.63) is 92.0 Å². The molecule has 2 N–H and O–H groups in total. The molecule has 0 bridgehead atoms. The summed E-state index contributed by atoms with van der Waals surface area (Å²) in [6, 6.07) is 16.3. The molecule has 0 spiro atoms. The van der Waals surface area contributed by atoms with E-state index in [1.165, 1.54) is 30.0 Å². The lowest BCUT2D eigenvalue weighted by molar-refractivity contribution is -0.387. The Labute approximate surface area is 180 Å². The molecule has 3 aromatic carbocycles. The number of benzene rings is 3. The van der Waals surface area contributed by atoms with E-state index in [9.17, 15) is 14.9 Å². The molecule has 0 saturated heterocycles. The second-order valence-corrected chi connectivity index (χ2v) is 7.91. The number of nitro groups is 1. The molecule has 0 amide bonds. The van der Waals surface area contributed by atoms with Crippen LogP contribution < -0.4 is 5.32 Å². The lowest BCUT2D eigenvalue weighted by Crippen LogP contribution is -2.03. The third kappa shape index (κ3) is 5.41. The number of hydrogen-bond acceptors (Lipinski definition) is 5. The first kappa shape index (κ1) is 21.0. The summed E-state index contributed by atoms with van der Waals surface area (Å²) >= 11 is 13.1. The topological polar surface area (TPSA) is 92.5 Å². The predicted octanol–water partition coefficient (Wildman–Crippen LogP) is 6.36. The number of nitrogens with zero attached hydrogens (tertiary/aromatic N) is 1. The van der Waals surface area contributed by atoms with Crippen LogP contribution in [0.1, 0.15) is 15.9 Å². The first-order valence-electron chi connectivity index (χ1n) is 8.31. The lowest BCUT2D eigenvalue weighted by atomic mass is 10.1. The molecule has 0 aliphatic heterocycles. The van der Waals surface area contributed by atoms with Gasteiger partial charge in [0.15, 0.2) is 0 Å². The van der Waals surface area contributed by atoms with E-state index in [0.717, 1.165) is 4.90 Å². The Morgan fingerprint density at radius 1 is 1.07 bits per heavy atom. The van der Waals surface area contributed by atoms with Crippen molar-refractivity contribution >= 4 is 52.3 Å². The summed E-state index contributed by atoms with van der Waals surface area (Å²) in [6.45, 7) is 0.307. The highest BCUT2D eigenvalue weighted by Crippen LogP contribution is 2.37. The summed E-state index contributed by atoms with van der Waals surface area (Å²) in [5.41, 5.74) is 1.44. The van der Waals surface area contributed by atoms with Gasteiger partial charge in [0.05, 0.1) is 25.4 Å². The van der Waals surface area contributed by atoms with Crippen molar-refractivity contribution in [2.45, 2.75) is 16.3 Å². The molecule has 0 radical (unpaired) electrons. The molecule has 3 rings (SSSR count). The normalized spacial score (nSPS) is 10.6. The average Bonchev–Trinajstić information content (AvgIpc) is 2.70. The zero-order chi connectivity index (χ0) is 21.0. The minimum atomic E-state index is -1.02. The molecule has 0 unspecified atom stereocenters. The van der Waals surface area contributed by atoms with Gasteiger partial charge in [0.1, 0.15) is 0 Å². The fourth-order valence-electron chi connectivity index (χ4n) is 2.54. The number of anilines is 1. The van der Waals surface area contributed by atoms with Crippen LogP contribution in [-0.2, 0) is 6.54 Å². The van der Waals surface area contributed by atoms with Crippen LogP contribution in [0.15, 0.2) is 70.5 Å². The molecule has 3 aromatic rings. The number of carbonyl (C=O) groups is 1. The highest BCUT2D eigenvalue weighted by molar-refractivity contribution is 7.99. The number of carboxylic acids is 1. The summed E-state index contributed by atoms with van der Waals surface area (Å²) in [7, 11) is 0. The van der Waals surface area contributed by atoms with Gasteiger partial charge in [-0.2, -0.15) is 0 Å². The van der Waals surface area contributed by atoms with Gasteiger partial charge in [-0.3, -0.25) is 10.1 Å². The van der Waals surface area contributed by atoms with Gasteiger partial charge in [0.2, 0.25) is 0 Å². The minimum Gasteiger partial charge on any atom is -0.478 e. The molecule has 6 nitrogen and oxygen atoms in total. The van der Waals surface area contributed by atoms with E-state index in [2.05, 4.69) is 5.32 Å². The fraction of sp³-hybridized carbons (Fsp3) is 0.0500. The first-order chi connectivity index (χ1) is 13.8. The van der Waals surface area contributed by atoms with Crippen LogP contribution in [0.3, 0.4) is 0 Å². The molecule has 0 atom stereocenters. The largest absolute Gasteiger partial charge is 0.478 e. The van der Waals surface area contributed by atoms with E-state index in [4.69, 9.17) is 28.3 Å². The smallest absolute Gasteiger partial charge is 0.335 e. The number of carboxylic acid groups (broad SMARTS) is 1. The van der Waals surface area contributed by atoms with Gasteiger partial charge in [0.25, 0.3) is 5.69 Å². The first-order valence-corrected chi connectivity index (χ1v) is 9.88. The van der Waals surface area contributed by atoms with E-state index >= 15 is 0 Å². The zero-order valence-electron chi connectivity index (χ0n) is 14.8. The van der Waals surface area contributed by atoms with Crippen LogP contribution in [-0.4, -0.2) is 16.0 Å². The molecule has 0 saturated carbocycles. The molecule has 0 fully saturated rings. The number of hydrogen-bond donors (Lipinski definition) is 2. The van der Waals surface area contributed by atoms with E-state index in [1.807, 2.05) is 0 Å². The van der Waals surface area contributed by atoms with E-state index in [0.29, 0.717) is 32.7 Å². The Kier molecular flexibility index (Phi) is 6.64. The molecule has 0 aromatic heterocycles. The third-order valence-corrected chi connectivity index (χ3v) is 5.74. The summed E-state index contributed by atoms with van der Waals surface area (Å²) in [4.78, 5) is 23.4. The lowest BCUT2D eigenvalue weighted by Gasteiger charge is -2.09. The minimum absolute atomic E-state index is 0.0281. The third-order valence-electron chi connectivity index (χ3n) is 3.95. The van der Waals surface area contributed by atoms with Crippen molar-refractivity contribution in [3.8, 4) is 0 Å². The fourth-order valence-corrected chi connectivity index (χ4v) is 3.84. The second kappa shape index (κ2) is 9.17. The number of aromatic carboxylic acids is 1. The van der Waals surface area contributed by atoms with Crippen LogP contribution >= 0.6 is 35.0 Å².